The fourth-order valence-electron chi connectivity index (χ4n) is 3.51. The average Bonchev–Trinajstić information content (AvgIpc) is 2.97. The number of urea groups is 1. The number of likely N-dealkylation sites (tertiary alicyclic amines) is 1. The summed E-state index contributed by atoms with van der Waals surface area (Å²) in [5.74, 6) is 1.32. The lowest BCUT2D eigenvalue weighted by Gasteiger charge is -2.25. The van der Waals surface area contributed by atoms with E-state index in [9.17, 15) is 9.18 Å². The predicted octanol–water partition coefficient (Wildman–Crippen LogP) is 4.36. The third-order valence-corrected chi connectivity index (χ3v) is 4.92. The number of nitrogens with zero attached hydrogens (tertiary/aromatic N) is 1. The lowest BCUT2D eigenvalue weighted by molar-refractivity contribution is 0.174. The quantitative estimate of drug-likeness (QED) is 0.870. The van der Waals surface area contributed by atoms with Gasteiger partial charge in [0, 0.05) is 30.8 Å². The van der Waals surface area contributed by atoms with Crippen molar-refractivity contribution in [1.29, 1.82) is 0 Å². The molecule has 6 heteroatoms. The average molecular weight is 356 g/mol. The molecule has 1 atom stereocenters. The van der Waals surface area contributed by atoms with Gasteiger partial charge in [0.1, 0.15) is 5.82 Å². The van der Waals surface area contributed by atoms with Crippen molar-refractivity contribution in [3.63, 3.8) is 0 Å². The van der Waals surface area contributed by atoms with E-state index in [1.54, 1.807) is 18.2 Å². The Morgan fingerprint density at radius 1 is 1.08 bits per heavy atom. The summed E-state index contributed by atoms with van der Waals surface area (Å²) in [6, 6.07) is 11.9. The van der Waals surface area contributed by atoms with E-state index in [-0.39, 0.29) is 24.6 Å². The summed E-state index contributed by atoms with van der Waals surface area (Å²) in [4.78, 5) is 14.6. The van der Waals surface area contributed by atoms with Crippen LogP contribution in [0.2, 0.25) is 0 Å². The standard InChI is InChI=1S/C20H21FN2O3/c21-16-6-4-14(5-7-16)15-3-1-2-10-23(12-15)20(24)22-17-8-9-18-19(11-17)26-13-25-18/h4-9,11,15H,1-3,10,12-13H2,(H,22,24). The summed E-state index contributed by atoms with van der Waals surface area (Å²) in [7, 11) is 0. The van der Waals surface area contributed by atoms with E-state index < -0.39 is 0 Å². The van der Waals surface area contributed by atoms with Gasteiger partial charge in [0.25, 0.3) is 0 Å². The van der Waals surface area contributed by atoms with E-state index in [2.05, 4.69) is 5.32 Å². The molecule has 2 heterocycles. The highest BCUT2D eigenvalue weighted by molar-refractivity contribution is 5.89. The van der Waals surface area contributed by atoms with Gasteiger partial charge in [-0.3, -0.25) is 0 Å². The second-order valence-corrected chi connectivity index (χ2v) is 6.69. The lowest BCUT2D eigenvalue weighted by atomic mass is 9.94. The monoisotopic (exact) mass is 356 g/mol. The number of carbonyl (C=O) groups excluding carboxylic acids is 1. The highest BCUT2D eigenvalue weighted by Gasteiger charge is 2.24. The molecule has 2 aliphatic rings. The molecule has 1 unspecified atom stereocenters. The van der Waals surface area contributed by atoms with Gasteiger partial charge < -0.3 is 19.7 Å². The molecule has 26 heavy (non-hydrogen) atoms. The van der Waals surface area contributed by atoms with Crippen LogP contribution in [0.1, 0.15) is 30.7 Å². The molecule has 2 amide bonds. The number of nitrogens with one attached hydrogen (secondary N) is 1. The van der Waals surface area contributed by atoms with Crippen LogP contribution in [-0.2, 0) is 0 Å². The summed E-state index contributed by atoms with van der Waals surface area (Å²) in [5.41, 5.74) is 1.76. The second-order valence-electron chi connectivity index (χ2n) is 6.69. The molecular weight excluding hydrogens is 335 g/mol. The van der Waals surface area contributed by atoms with Crippen molar-refractivity contribution >= 4 is 11.7 Å². The number of ether oxygens (including phenoxy) is 2. The molecule has 0 aromatic heterocycles. The Labute approximate surface area is 151 Å². The Kier molecular flexibility index (Phi) is 4.65. The molecule has 0 bridgehead atoms. The maximum Gasteiger partial charge on any atom is 0.321 e. The molecular formula is C20H21FN2O3. The molecule has 0 saturated carbocycles. The Bertz CT molecular complexity index is 794. The van der Waals surface area contributed by atoms with E-state index in [4.69, 9.17) is 9.47 Å². The van der Waals surface area contributed by atoms with Gasteiger partial charge >= 0.3 is 6.03 Å². The van der Waals surface area contributed by atoms with Crippen LogP contribution in [0.3, 0.4) is 0 Å². The predicted molar refractivity (Wildman–Crippen MR) is 96.1 cm³/mol. The van der Waals surface area contributed by atoms with Gasteiger partial charge in [-0.2, -0.15) is 0 Å². The minimum atomic E-state index is -0.236. The molecule has 4 rings (SSSR count). The van der Waals surface area contributed by atoms with Crippen LogP contribution in [0.15, 0.2) is 42.5 Å². The van der Waals surface area contributed by atoms with Crippen molar-refractivity contribution in [3.8, 4) is 11.5 Å². The van der Waals surface area contributed by atoms with E-state index in [1.807, 2.05) is 17.0 Å². The third-order valence-electron chi connectivity index (χ3n) is 4.92. The zero-order valence-corrected chi connectivity index (χ0v) is 14.4. The first-order valence-electron chi connectivity index (χ1n) is 8.90. The molecule has 2 aromatic rings. The van der Waals surface area contributed by atoms with Gasteiger partial charge in [0.15, 0.2) is 11.5 Å². The molecule has 136 valence electrons. The summed E-state index contributed by atoms with van der Waals surface area (Å²) in [5, 5.41) is 2.94. The number of amides is 2. The Morgan fingerprint density at radius 3 is 2.73 bits per heavy atom. The highest BCUT2D eigenvalue weighted by Crippen LogP contribution is 2.34. The Morgan fingerprint density at radius 2 is 1.88 bits per heavy atom. The number of halogens is 1. The van der Waals surface area contributed by atoms with Crippen LogP contribution in [0, 0.1) is 5.82 Å². The van der Waals surface area contributed by atoms with Crippen LogP contribution in [-0.4, -0.2) is 30.8 Å². The zero-order valence-electron chi connectivity index (χ0n) is 14.4. The topological polar surface area (TPSA) is 50.8 Å². The Balaban J connectivity index is 1.45. The van der Waals surface area contributed by atoms with Crippen LogP contribution in [0.25, 0.3) is 0 Å². The van der Waals surface area contributed by atoms with Gasteiger partial charge in [0.05, 0.1) is 0 Å². The van der Waals surface area contributed by atoms with Gasteiger partial charge in [-0.05, 0) is 42.7 Å². The van der Waals surface area contributed by atoms with Crippen LogP contribution in [0.5, 0.6) is 11.5 Å². The van der Waals surface area contributed by atoms with Crippen molar-refractivity contribution < 1.29 is 18.7 Å². The molecule has 1 saturated heterocycles. The number of fused-ring (bicyclic) bond motifs is 1. The van der Waals surface area contributed by atoms with Crippen LogP contribution >= 0.6 is 0 Å². The fourth-order valence-corrected chi connectivity index (χ4v) is 3.51. The van der Waals surface area contributed by atoms with Crippen molar-refractivity contribution in [3.05, 3.63) is 53.8 Å². The number of carbonyl (C=O) groups is 1. The molecule has 2 aromatic carbocycles. The number of benzene rings is 2. The van der Waals surface area contributed by atoms with Crippen LogP contribution < -0.4 is 14.8 Å². The van der Waals surface area contributed by atoms with E-state index >= 15 is 0 Å². The number of anilines is 1. The fraction of sp³-hybridized carbons (Fsp3) is 0.350. The first-order valence-corrected chi connectivity index (χ1v) is 8.90. The third kappa shape index (κ3) is 3.59. The first-order chi connectivity index (χ1) is 12.7. The van der Waals surface area contributed by atoms with Crippen molar-refractivity contribution in [2.24, 2.45) is 0 Å². The molecule has 0 radical (unpaired) electrons. The smallest absolute Gasteiger partial charge is 0.321 e. The van der Waals surface area contributed by atoms with Crippen molar-refractivity contribution in [1.82, 2.24) is 4.90 Å². The van der Waals surface area contributed by atoms with E-state index in [0.717, 1.165) is 24.8 Å². The van der Waals surface area contributed by atoms with Gasteiger partial charge in [-0.1, -0.05) is 18.6 Å². The van der Waals surface area contributed by atoms with Crippen molar-refractivity contribution in [2.75, 3.05) is 25.2 Å². The van der Waals surface area contributed by atoms with Gasteiger partial charge in [0.2, 0.25) is 6.79 Å². The first kappa shape index (κ1) is 16.7. The summed E-state index contributed by atoms with van der Waals surface area (Å²) < 4.78 is 23.8. The summed E-state index contributed by atoms with van der Waals surface area (Å²) in [6.45, 7) is 1.55. The largest absolute Gasteiger partial charge is 0.454 e. The maximum atomic E-state index is 13.2. The summed E-state index contributed by atoms with van der Waals surface area (Å²) in [6.07, 6.45) is 3.02. The zero-order chi connectivity index (χ0) is 17.9. The number of hydrogen-bond donors (Lipinski definition) is 1. The minimum Gasteiger partial charge on any atom is -0.454 e. The number of rotatable bonds is 2. The van der Waals surface area contributed by atoms with Gasteiger partial charge in [-0.25, -0.2) is 9.18 Å². The van der Waals surface area contributed by atoms with E-state index in [1.165, 1.54) is 12.1 Å². The molecule has 0 spiro atoms. The minimum absolute atomic E-state index is 0.127. The normalized spacial score (nSPS) is 19.1. The molecule has 5 nitrogen and oxygen atoms in total. The Hall–Kier alpha value is -2.76. The lowest BCUT2D eigenvalue weighted by Crippen LogP contribution is -2.37. The van der Waals surface area contributed by atoms with Crippen LogP contribution in [0.4, 0.5) is 14.9 Å². The molecule has 2 aliphatic heterocycles. The summed E-state index contributed by atoms with van der Waals surface area (Å²) >= 11 is 0. The second kappa shape index (κ2) is 7.23. The molecule has 0 aliphatic carbocycles. The van der Waals surface area contributed by atoms with Crippen molar-refractivity contribution in [2.45, 2.75) is 25.2 Å². The molecule has 1 N–H and O–H groups in total. The highest BCUT2D eigenvalue weighted by atomic mass is 19.1. The maximum absolute atomic E-state index is 13.2. The molecule has 1 fully saturated rings. The van der Waals surface area contributed by atoms with E-state index in [0.29, 0.717) is 30.3 Å². The van der Waals surface area contributed by atoms with Gasteiger partial charge in [-0.15, -0.1) is 0 Å². The SMILES string of the molecule is O=C(Nc1ccc2c(c1)OCO2)N1CCCCC(c2ccc(F)cc2)C1. The number of hydrogen-bond acceptors (Lipinski definition) is 3.